The quantitative estimate of drug-likeness (QED) is 0.193. The van der Waals surface area contributed by atoms with E-state index in [-0.39, 0.29) is 30.0 Å². The van der Waals surface area contributed by atoms with Crippen molar-refractivity contribution >= 4 is 51.5 Å². The first-order valence-electron chi connectivity index (χ1n) is 10.4. The average molecular weight is 541 g/mol. The van der Waals surface area contributed by atoms with Gasteiger partial charge < -0.3 is 10.6 Å². The highest BCUT2D eigenvalue weighted by atomic mass is 127. The third-order valence-electron chi connectivity index (χ3n) is 5.05. The van der Waals surface area contributed by atoms with E-state index in [0.717, 1.165) is 49.5 Å². The Kier molecular flexibility index (Phi) is 9.54. The molecule has 0 aliphatic carbocycles. The van der Waals surface area contributed by atoms with Crippen LogP contribution in [0.15, 0.2) is 29.3 Å². The van der Waals surface area contributed by atoms with Crippen LogP contribution in [0, 0.1) is 13.8 Å². The van der Waals surface area contributed by atoms with Crippen molar-refractivity contribution in [2.45, 2.75) is 53.0 Å². The van der Waals surface area contributed by atoms with E-state index in [1.807, 2.05) is 17.8 Å². The molecule has 0 radical (unpaired) electrons. The molecule has 2 aromatic heterocycles. The van der Waals surface area contributed by atoms with Gasteiger partial charge in [0.15, 0.2) is 5.96 Å². The van der Waals surface area contributed by atoms with Crippen molar-refractivity contribution in [3.05, 3.63) is 46.2 Å². The molecule has 164 valence electrons. The van der Waals surface area contributed by atoms with E-state index in [4.69, 9.17) is 9.98 Å². The number of nitrogens with one attached hydrogen (secondary N) is 2. The van der Waals surface area contributed by atoms with Gasteiger partial charge in [0.05, 0.1) is 20.9 Å². The molecule has 1 atom stereocenters. The summed E-state index contributed by atoms with van der Waals surface area (Å²) in [6.07, 6.45) is 2.89. The van der Waals surface area contributed by atoms with Gasteiger partial charge in [-0.1, -0.05) is 12.1 Å². The molecule has 0 saturated heterocycles. The standard InChI is InChI=1S/C22H32N6S.HI/c1-6-23-22(25-15(2)14-18-16(3)27-28(5)17(18)4)24-13-9-12-21-26-19-10-7-8-11-20(19)29-21;/h7-8,10-11,15H,6,9,12-14H2,1-5H3,(H2,23,24,25);1H. The third kappa shape index (κ3) is 6.41. The minimum Gasteiger partial charge on any atom is -0.357 e. The highest BCUT2D eigenvalue weighted by molar-refractivity contribution is 14.0. The Morgan fingerprint density at radius 2 is 2.03 bits per heavy atom. The Morgan fingerprint density at radius 3 is 2.70 bits per heavy atom. The first-order valence-corrected chi connectivity index (χ1v) is 11.2. The zero-order valence-electron chi connectivity index (χ0n) is 18.5. The molecule has 6 nitrogen and oxygen atoms in total. The van der Waals surface area contributed by atoms with Gasteiger partial charge in [-0.3, -0.25) is 9.67 Å². The second-order valence-corrected chi connectivity index (χ2v) is 8.58. The summed E-state index contributed by atoms with van der Waals surface area (Å²) in [6.45, 7) is 10.1. The van der Waals surface area contributed by atoms with E-state index in [2.05, 4.69) is 61.6 Å². The lowest BCUT2D eigenvalue weighted by Gasteiger charge is -2.18. The van der Waals surface area contributed by atoms with Crippen LogP contribution in [-0.2, 0) is 19.9 Å². The second-order valence-electron chi connectivity index (χ2n) is 7.46. The topological polar surface area (TPSA) is 67.1 Å². The molecule has 0 saturated carbocycles. The normalized spacial score (nSPS) is 12.6. The average Bonchev–Trinajstić information content (AvgIpc) is 3.21. The van der Waals surface area contributed by atoms with Crippen molar-refractivity contribution in [1.29, 1.82) is 0 Å². The number of para-hydroxylation sites is 1. The number of aliphatic imine (C=N–C) groups is 1. The van der Waals surface area contributed by atoms with Crippen LogP contribution in [0.2, 0.25) is 0 Å². The van der Waals surface area contributed by atoms with Gasteiger partial charge in [0.2, 0.25) is 0 Å². The number of guanidine groups is 1. The summed E-state index contributed by atoms with van der Waals surface area (Å²) in [5, 5.41) is 12.6. The monoisotopic (exact) mass is 540 g/mol. The van der Waals surface area contributed by atoms with E-state index in [0.29, 0.717) is 0 Å². The van der Waals surface area contributed by atoms with Crippen LogP contribution in [0.25, 0.3) is 10.2 Å². The number of hydrogen-bond acceptors (Lipinski definition) is 4. The molecular weight excluding hydrogens is 507 g/mol. The molecule has 2 heterocycles. The summed E-state index contributed by atoms with van der Waals surface area (Å²) in [5.74, 6) is 0.878. The van der Waals surface area contributed by atoms with Crippen molar-refractivity contribution in [1.82, 2.24) is 25.4 Å². The molecule has 3 aromatic rings. The Balaban J connectivity index is 0.00000320. The Bertz CT molecular complexity index is 944. The molecule has 0 aliphatic heterocycles. The van der Waals surface area contributed by atoms with E-state index >= 15 is 0 Å². The number of nitrogens with zero attached hydrogens (tertiary/aromatic N) is 4. The molecule has 0 bridgehead atoms. The minimum absolute atomic E-state index is 0. The van der Waals surface area contributed by atoms with Crippen LogP contribution in [0.3, 0.4) is 0 Å². The molecular formula is C22H33IN6S. The van der Waals surface area contributed by atoms with Gasteiger partial charge in [-0.25, -0.2) is 4.98 Å². The number of aryl methyl sites for hydroxylation is 3. The maximum atomic E-state index is 4.76. The molecule has 1 aromatic carbocycles. The molecule has 3 rings (SSSR count). The van der Waals surface area contributed by atoms with Crippen LogP contribution >= 0.6 is 35.3 Å². The maximum absolute atomic E-state index is 4.76. The lowest BCUT2D eigenvalue weighted by atomic mass is 10.1. The zero-order valence-corrected chi connectivity index (χ0v) is 21.7. The summed E-state index contributed by atoms with van der Waals surface area (Å²) in [7, 11) is 2.00. The first-order chi connectivity index (χ1) is 14.0. The third-order valence-corrected chi connectivity index (χ3v) is 6.15. The summed E-state index contributed by atoms with van der Waals surface area (Å²) in [4.78, 5) is 9.47. The second kappa shape index (κ2) is 11.6. The summed E-state index contributed by atoms with van der Waals surface area (Å²) < 4.78 is 3.22. The lowest BCUT2D eigenvalue weighted by Crippen LogP contribution is -2.43. The van der Waals surface area contributed by atoms with Crippen LogP contribution in [-0.4, -0.2) is 39.9 Å². The Labute approximate surface area is 200 Å². The SMILES string of the molecule is CCNC(=NCCCc1nc2ccccc2s1)NC(C)Cc1c(C)nn(C)c1C.I. The predicted molar refractivity (Wildman–Crippen MR) is 138 cm³/mol. The number of hydrogen-bond donors (Lipinski definition) is 2. The smallest absolute Gasteiger partial charge is 0.191 e. The summed E-state index contributed by atoms with van der Waals surface area (Å²) in [5.41, 5.74) is 4.75. The van der Waals surface area contributed by atoms with Gasteiger partial charge in [-0.15, -0.1) is 35.3 Å². The van der Waals surface area contributed by atoms with Gasteiger partial charge in [0.25, 0.3) is 0 Å². The van der Waals surface area contributed by atoms with Crippen LogP contribution in [0.1, 0.15) is 42.2 Å². The van der Waals surface area contributed by atoms with Crippen LogP contribution < -0.4 is 10.6 Å². The number of aromatic nitrogens is 3. The molecule has 0 amide bonds. The van der Waals surface area contributed by atoms with Gasteiger partial charge >= 0.3 is 0 Å². The van der Waals surface area contributed by atoms with E-state index in [1.165, 1.54) is 21.0 Å². The molecule has 0 aliphatic rings. The Hall–Kier alpha value is -1.68. The Morgan fingerprint density at radius 1 is 1.27 bits per heavy atom. The molecule has 0 fully saturated rings. The van der Waals surface area contributed by atoms with Gasteiger partial charge in [-0.05, 0) is 58.2 Å². The van der Waals surface area contributed by atoms with E-state index < -0.39 is 0 Å². The van der Waals surface area contributed by atoms with Gasteiger partial charge in [0.1, 0.15) is 0 Å². The number of benzene rings is 1. The van der Waals surface area contributed by atoms with Crippen molar-refractivity contribution in [2.24, 2.45) is 12.0 Å². The fraction of sp³-hybridized carbons (Fsp3) is 0.500. The molecule has 2 N–H and O–H groups in total. The van der Waals surface area contributed by atoms with Gasteiger partial charge in [0, 0.05) is 38.3 Å². The van der Waals surface area contributed by atoms with Crippen LogP contribution in [0.5, 0.6) is 0 Å². The molecule has 1 unspecified atom stereocenters. The van der Waals surface area contributed by atoms with Crippen molar-refractivity contribution in [3.63, 3.8) is 0 Å². The molecule has 0 spiro atoms. The molecule has 30 heavy (non-hydrogen) atoms. The fourth-order valence-electron chi connectivity index (χ4n) is 3.47. The first kappa shape index (κ1) is 24.6. The summed E-state index contributed by atoms with van der Waals surface area (Å²) in [6, 6.07) is 8.60. The largest absolute Gasteiger partial charge is 0.357 e. The highest BCUT2D eigenvalue weighted by Crippen LogP contribution is 2.22. The number of rotatable bonds is 8. The highest BCUT2D eigenvalue weighted by Gasteiger charge is 2.14. The van der Waals surface area contributed by atoms with Crippen molar-refractivity contribution in [3.8, 4) is 0 Å². The van der Waals surface area contributed by atoms with E-state index in [9.17, 15) is 0 Å². The number of halogens is 1. The van der Waals surface area contributed by atoms with Gasteiger partial charge in [-0.2, -0.15) is 5.10 Å². The minimum atomic E-state index is 0. The summed E-state index contributed by atoms with van der Waals surface area (Å²) >= 11 is 1.78. The lowest BCUT2D eigenvalue weighted by molar-refractivity contribution is 0.634. The predicted octanol–water partition coefficient (Wildman–Crippen LogP) is 4.38. The number of thiazole rings is 1. The molecule has 8 heteroatoms. The zero-order chi connectivity index (χ0) is 20.8. The van der Waals surface area contributed by atoms with Crippen molar-refractivity contribution in [2.75, 3.05) is 13.1 Å². The van der Waals surface area contributed by atoms with Crippen LogP contribution in [0.4, 0.5) is 0 Å². The maximum Gasteiger partial charge on any atom is 0.191 e. The van der Waals surface area contributed by atoms with E-state index in [1.54, 1.807) is 11.3 Å². The number of fused-ring (bicyclic) bond motifs is 1. The van der Waals surface area contributed by atoms with Crippen molar-refractivity contribution < 1.29 is 0 Å². The fourth-order valence-corrected chi connectivity index (χ4v) is 4.48.